The van der Waals surface area contributed by atoms with Crippen molar-refractivity contribution >= 4 is 27.3 Å². The van der Waals surface area contributed by atoms with Crippen molar-refractivity contribution in [1.82, 2.24) is 0 Å². The Morgan fingerprint density at radius 2 is 1.83 bits per heavy atom. The van der Waals surface area contributed by atoms with Crippen LogP contribution in [-0.4, -0.2) is 6.18 Å². The third-order valence-corrected chi connectivity index (χ3v) is 5.50. The number of hydrogen-bond donors (Lipinski definition) is 1. The molecule has 2 rings (SSSR count). The molecular formula is C12H15BrF3NS. The van der Waals surface area contributed by atoms with Crippen molar-refractivity contribution in [2.24, 2.45) is 17.6 Å². The van der Waals surface area contributed by atoms with Gasteiger partial charge < -0.3 is 5.73 Å². The molecular weight excluding hydrogens is 327 g/mol. The third kappa shape index (κ3) is 3.08. The molecule has 1 aromatic rings. The molecule has 0 bridgehead atoms. The van der Waals surface area contributed by atoms with Crippen molar-refractivity contribution in [2.75, 3.05) is 0 Å². The van der Waals surface area contributed by atoms with Crippen molar-refractivity contribution in [3.05, 3.63) is 20.8 Å². The van der Waals surface area contributed by atoms with Crippen molar-refractivity contribution < 1.29 is 13.2 Å². The zero-order valence-corrected chi connectivity index (χ0v) is 12.1. The first kappa shape index (κ1) is 14.3. The maximum atomic E-state index is 12.6. The molecule has 0 saturated heterocycles. The molecule has 2 N–H and O–H groups in total. The minimum absolute atomic E-state index is 0.153. The second-order valence-corrected chi connectivity index (χ2v) is 6.45. The lowest BCUT2D eigenvalue weighted by Crippen LogP contribution is -2.31. The maximum Gasteiger partial charge on any atom is 0.391 e. The summed E-state index contributed by atoms with van der Waals surface area (Å²) in [6, 6.07) is -0.153. The van der Waals surface area contributed by atoms with Crippen LogP contribution < -0.4 is 5.73 Å². The van der Waals surface area contributed by atoms with Crippen molar-refractivity contribution in [3.63, 3.8) is 0 Å². The molecule has 1 unspecified atom stereocenters. The summed E-state index contributed by atoms with van der Waals surface area (Å²) < 4.78 is 38.7. The molecule has 0 aliphatic heterocycles. The summed E-state index contributed by atoms with van der Waals surface area (Å²) in [6.07, 6.45) is -2.49. The second-order valence-electron chi connectivity index (χ2n) is 4.85. The highest BCUT2D eigenvalue weighted by atomic mass is 79.9. The monoisotopic (exact) mass is 341 g/mol. The molecule has 1 aliphatic carbocycles. The molecule has 1 fully saturated rings. The Kier molecular flexibility index (Phi) is 4.39. The number of rotatable bonds is 2. The van der Waals surface area contributed by atoms with Gasteiger partial charge in [-0.2, -0.15) is 24.5 Å². The summed E-state index contributed by atoms with van der Waals surface area (Å²) in [5.74, 6) is -0.971. The molecule has 0 spiro atoms. The molecule has 0 aromatic carbocycles. The van der Waals surface area contributed by atoms with Crippen LogP contribution in [0.25, 0.3) is 0 Å². The van der Waals surface area contributed by atoms with E-state index in [0.29, 0.717) is 12.8 Å². The number of thiophene rings is 1. The Morgan fingerprint density at radius 1 is 1.22 bits per heavy atom. The van der Waals surface area contributed by atoms with E-state index >= 15 is 0 Å². The predicted molar refractivity (Wildman–Crippen MR) is 70.5 cm³/mol. The summed E-state index contributed by atoms with van der Waals surface area (Å²) in [7, 11) is 0. The van der Waals surface area contributed by atoms with Gasteiger partial charge in [-0.25, -0.2) is 0 Å². The van der Waals surface area contributed by atoms with Crippen LogP contribution in [0.4, 0.5) is 13.2 Å². The lowest BCUT2D eigenvalue weighted by atomic mass is 9.77. The van der Waals surface area contributed by atoms with E-state index in [4.69, 9.17) is 5.73 Å². The third-order valence-electron chi connectivity index (χ3n) is 3.74. The average molecular weight is 342 g/mol. The van der Waals surface area contributed by atoms with E-state index in [-0.39, 0.29) is 24.8 Å². The fourth-order valence-electron chi connectivity index (χ4n) is 2.59. The van der Waals surface area contributed by atoms with Crippen LogP contribution in [0.5, 0.6) is 0 Å². The first-order valence-electron chi connectivity index (χ1n) is 5.93. The van der Waals surface area contributed by atoms with Crippen LogP contribution >= 0.6 is 27.3 Å². The van der Waals surface area contributed by atoms with Crippen molar-refractivity contribution in [1.29, 1.82) is 0 Å². The van der Waals surface area contributed by atoms with Crippen LogP contribution in [-0.2, 0) is 0 Å². The van der Waals surface area contributed by atoms with E-state index in [1.54, 1.807) is 11.3 Å². The van der Waals surface area contributed by atoms with Gasteiger partial charge in [0.1, 0.15) is 0 Å². The topological polar surface area (TPSA) is 26.0 Å². The largest absolute Gasteiger partial charge is 0.391 e. The highest BCUT2D eigenvalue weighted by Crippen LogP contribution is 2.43. The quantitative estimate of drug-likeness (QED) is 0.815. The first-order valence-corrected chi connectivity index (χ1v) is 7.67. The summed E-state index contributed by atoms with van der Waals surface area (Å²) in [5, 5.41) is 3.93. The summed E-state index contributed by atoms with van der Waals surface area (Å²) in [5.41, 5.74) is 7.19. The lowest BCUT2D eigenvalue weighted by Gasteiger charge is -2.33. The van der Waals surface area contributed by atoms with E-state index in [9.17, 15) is 13.2 Å². The van der Waals surface area contributed by atoms with Crippen molar-refractivity contribution in [2.45, 2.75) is 37.9 Å². The molecule has 1 aromatic heterocycles. The summed E-state index contributed by atoms with van der Waals surface area (Å²) >= 11 is 4.98. The van der Waals surface area contributed by atoms with E-state index in [1.165, 1.54) is 0 Å². The number of halogens is 4. The normalized spacial score (nSPS) is 27.2. The molecule has 1 saturated carbocycles. The molecule has 1 atom stereocenters. The van der Waals surface area contributed by atoms with E-state index in [2.05, 4.69) is 15.9 Å². The predicted octanol–water partition coefficient (Wildman–Crippen LogP) is 4.88. The van der Waals surface area contributed by atoms with Crippen molar-refractivity contribution in [3.8, 4) is 0 Å². The zero-order valence-electron chi connectivity index (χ0n) is 9.71. The van der Waals surface area contributed by atoms with E-state index in [1.807, 2.05) is 10.8 Å². The molecule has 1 nitrogen and oxygen atoms in total. The zero-order chi connectivity index (χ0) is 13.3. The second kappa shape index (κ2) is 5.51. The molecule has 1 aliphatic rings. The van der Waals surface area contributed by atoms with Crippen LogP contribution in [0.3, 0.4) is 0 Å². The van der Waals surface area contributed by atoms with Crippen LogP contribution in [0, 0.1) is 11.8 Å². The van der Waals surface area contributed by atoms with Gasteiger partial charge in [0.25, 0.3) is 0 Å². The Labute approximate surface area is 117 Å². The Morgan fingerprint density at radius 3 is 2.28 bits per heavy atom. The molecule has 1 heterocycles. The Balaban J connectivity index is 1.96. The SMILES string of the molecule is NC(c1cscc1Br)C1CCC(C(F)(F)F)CC1. The molecule has 18 heavy (non-hydrogen) atoms. The van der Waals surface area contributed by atoms with E-state index < -0.39 is 12.1 Å². The highest BCUT2D eigenvalue weighted by Gasteiger charge is 2.42. The molecule has 6 heteroatoms. The number of alkyl halides is 3. The Bertz CT molecular complexity index is 396. The smallest absolute Gasteiger partial charge is 0.324 e. The van der Waals surface area contributed by atoms with Crippen LogP contribution in [0.15, 0.2) is 15.2 Å². The minimum Gasteiger partial charge on any atom is -0.324 e. The number of hydrogen-bond acceptors (Lipinski definition) is 2. The van der Waals surface area contributed by atoms with Gasteiger partial charge in [0.15, 0.2) is 0 Å². The van der Waals surface area contributed by atoms with Gasteiger partial charge in [0, 0.05) is 15.9 Å². The lowest BCUT2D eigenvalue weighted by molar-refractivity contribution is -0.184. The van der Waals surface area contributed by atoms with Gasteiger partial charge in [-0.15, -0.1) is 0 Å². The minimum atomic E-state index is -4.04. The van der Waals surface area contributed by atoms with Gasteiger partial charge in [-0.3, -0.25) is 0 Å². The fraction of sp³-hybridized carbons (Fsp3) is 0.667. The van der Waals surface area contributed by atoms with Gasteiger partial charge in [0.2, 0.25) is 0 Å². The fourth-order valence-corrected chi connectivity index (χ4v) is 4.20. The highest BCUT2D eigenvalue weighted by molar-refractivity contribution is 9.10. The standard InChI is InChI=1S/C12H15BrF3NS/c13-10-6-18-5-9(10)11(17)7-1-3-8(4-2-7)12(14,15)16/h5-8,11H,1-4,17H2. The van der Waals surface area contributed by atoms with Gasteiger partial charge in [-0.05, 0) is 58.5 Å². The van der Waals surface area contributed by atoms with Crippen LogP contribution in [0.2, 0.25) is 0 Å². The molecule has 0 radical (unpaired) electrons. The van der Waals surface area contributed by atoms with Gasteiger partial charge in [0.05, 0.1) is 5.92 Å². The van der Waals surface area contributed by atoms with E-state index in [0.717, 1.165) is 10.0 Å². The van der Waals surface area contributed by atoms with Gasteiger partial charge >= 0.3 is 6.18 Å². The summed E-state index contributed by atoms with van der Waals surface area (Å²) in [6.45, 7) is 0. The molecule has 0 amide bonds. The van der Waals surface area contributed by atoms with Gasteiger partial charge in [-0.1, -0.05) is 0 Å². The Hall–Kier alpha value is -0.0700. The molecule has 102 valence electrons. The summed E-state index contributed by atoms with van der Waals surface area (Å²) in [4.78, 5) is 0. The number of nitrogens with two attached hydrogens (primary N) is 1. The van der Waals surface area contributed by atoms with Crippen LogP contribution in [0.1, 0.15) is 37.3 Å². The maximum absolute atomic E-state index is 12.6. The average Bonchev–Trinajstić information content (AvgIpc) is 2.73. The first-order chi connectivity index (χ1) is 8.39.